The second-order valence-electron chi connectivity index (χ2n) is 6.81. The zero-order valence-electron chi connectivity index (χ0n) is 16.0. The van der Waals surface area contributed by atoms with E-state index in [0.29, 0.717) is 18.0 Å². The summed E-state index contributed by atoms with van der Waals surface area (Å²) in [5.41, 5.74) is 2.02. The highest BCUT2D eigenvalue weighted by Gasteiger charge is 2.36. The molecule has 0 atom stereocenters. The molecule has 0 spiro atoms. The number of halogens is 1. The van der Waals surface area contributed by atoms with Gasteiger partial charge >= 0.3 is 0 Å². The second-order valence-corrected chi connectivity index (χ2v) is 7.17. The van der Waals surface area contributed by atoms with Crippen LogP contribution in [0, 0.1) is 0 Å². The van der Waals surface area contributed by atoms with Crippen molar-refractivity contribution in [3.8, 4) is 0 Å². The average molecular weight is 383 g/mol. The molecule has 1 N–H and O–H groups in total. The minimum atomic E-state index is -0.901. The van der Waals surface area contributed by atoms with Crippen LogP contribution in [0.5, 0.6) is 0 Å². The van der Waals surface area contributed by atoms with E-state index in [-0.39, 0.29) is 0 Å². The van der Waals surface area contributed by atoms with Crippen LogP contribution >= 0.6 is 11.6 Å². The molecule has 1 aliphatic heterocycles. The minimum Gasteiger partial charge on any atom is -0.385 e. The van der Waals surface area contributed by atoms with Crippen molar-refractivity contribution in [2.45, 2.75) is 38.8 Å². The molecule has 0 saturated carbocycles. The van der Waals surface area contributed by atoms with Crippen molar-refractivity contribution in [3.63, 3.8) is 0 Å². The molecule has 2 aromatic carbocycles. The van der Waals surface area contributed by atoms with Gasteiger partial charge in [-0.3, -0.25) is 4.90 Å². The smallest absolute Gasteiger partial charge is 0.135 e. The molecular weight excluding hydrogens is 356 g/mol. The van der Waals surface area contributed by atoms with Crippen molar-refractivity contribution < 1.29 is 5.11 Å². The van der Waals surface area contributed by atoms with Crippen molar-refractivity contribution in [1.82, 2.24) is 9.88 Å². The summed E-state index contributed by atoms with van der Waals surface area (Å²) in [6.45, 7) is 6.60. The summed E-state index contributed by atoms with van der Waals surface area (Å²) >= 11 is 6.41. The standard InChI is InChI=1S/C21H21ClN2O.C2H6/c22-20-18(14-17-8-4-5-9-19(17)23-20)21(25)10-12-24(13-11-21)15-16-6-2-1-3-7-16;1-2/h1-9,14,25H,10-13,15H2;1-2H3. The van der Waals surface area contributed by atoms with E-state index in [1.807, 2.05) is 50.2 Å². The summed E-state index contributed by atoms with van der Waals surface area (Å²) < 4.78 is 0. The summed E-state index contributed by atoms with van der Waals surface area (Å²) in [6.07, 6.45) is 1.33. The van der Waals surface area contributed by atoms with Crippen LogP contribution < -0.4 is 0 Å². The van der Waals surface area contributed by atoms with Gasteiger partial charge in [-0.05, 0) is 30.5 Å². The minimum absolute atomic E-state index is 0.415. The molecule has 1 saturated heterocycles. The first-order chi connectivity index (χ1) is 13.1. The molecule has 2 heterocycles. The molecule has 0 amide bonds. The number of hydrogen-bond acceptors (Lipinski definition) is 3. The Kier molecular flexibility index (Phi) is 6.48. The lowest BCUT2D eigenvalue weighted by Gasteiger charge is -2.38. The third kappa shape index (κ3) is 4.49. The average Bonchev–Trinajstić information content (AvgIpc) is 2.71. The number of aromatic nitrogens is 1. The third-order valence-electron chi connectivity index (χ3n) is 5.11. The molecule has 27 heavy (non-hydrogen) atoms. The number of benzene rings is 2. The van der Waals surface area contributed by atoms with E-state index in [9.17, 15) is 5.11 Å². The maximum absolute atomic E-state index is 11.2. The van der Waals surface area contributed by atoms with Crippen molar-refractivity contribution in [1.29, 1.82) is 0 Å². The Bertz CT molecular complexity index is 874. The molecule has 1 fully saturated rings. The Labute approximate surface area is 166 Å². The van der Waals surface area contributed by atoms with E-state index in [1.165, 1.54) is 5.56 Å². The summed E-state index contributed by atoms with van der Waals surface area (Å²) in [4.78, 5) is 6.86. The van der Waals surface area contributed by atoms with Gasteiger partial charge in [0.05, 0.1) is 11.1 Å². The van der Waals surface area contributed by atoms with Gasteiger partial charge in [-0.25, -0.2) is 4.98 Å². The van der Waals surface area contributed by atoms with Gasteiger partial charge < -0.3 is 5.11 Å². The monoisotopic (exact) mass is 382 g/mol. The predicted molar refractivity (Wildman–Crippen MR) is 113 cm³/mol. The van der Waals surface area contributed by atoms with Crippen LogP contribution in [0.4, 0.5) is 0 Å². The summed E-state index contributed by atoms with van der Waals surface area (Å²) in [7, 11) is 0. The molecule has 1 aromatic heterocycles. The quantitative estimate of drug-likeness (QED) is 0.616. The first-order valence-corrected chi connectivity index (χ1v) is 10.1. The zero-order valence-corrected chi connectivity index (χ0v) is 16.8. The second kappa shape index (κ2) is 8.83. The number of rotatable bonds is 3. The van der Waals surface area contributed by atoms with E-state index in [2.05, 4.69) is 34.1 Å². The first-order valence-electron chi connectivity index (χ1n) is 9.68. The maximum atomic E-state index is 11.2. The van der Waals surface area contributed by atoms with Gasteiger partial charge in [-0.1, -0.05) is 74.0 Å². The molecule has 0 aliphatic carbocycles. The molecule has 0 radical (unpaired) electrons. The molecule has 0 unspecified atom stereocenters. The SMILES string of the molecule is CC.OC1(c2cc3ccccc3nc2Cl)CCN(Cc2ccccc2)CC1. The number of para-hydroxylation sites is 1. The van der Waals surface area contributed by atoms with Gasteiger partial charge in [0.15, 0.2) is 0 Å². The molecule has 0 bridgehead atoms. The van der Waals surface area contributed by atoms with Crippen LogP contribution in [0.3, 0.4) is 0 Å². The Balaban J connectivity index is 0.00000102. The molecule has 4 rings (SSSR count). The molecular formula is C23H27ClN2O. The lowest BCUT2D eigenvalue weighted by molar-refractivity contribution is -0.0277. The van der Waals surface area contributed by atoms with Gasteiger partial charge in [0.1, 0.15) is 5.15 Å². The molecule has 4 heteroatoms. The zero-order chi connectivity index (χ0) is 19.3. The highest BCUT2D eigenvalue weighted by molar-refractivity contribution is 6.30. The largest absolute Gasteiger partial charge is 0.385 e. The van der Waals surface area contributed by atoms with Gasteiger partial charge in [-0.2, -0.15) is 0 Å². The van der Waals surface area contributed by atoms with Crippen molar-refractivity contribution in [2.24, 2.45) is 0 Å². The first kappa shape index (κ1) is 19.8. The number of likely N-dealkylation sites (tertiary alicyclic amines) is 1. The van der Waals surface area contributed by atoms with Crippen LogP contribution in [0.2, 0.25) is 5.15 Å². The Morgan fingerprint density at radius 1 is 1.00 bits per heavy atom. The van der Waals surface area contributed by atoms with E-state index in [1.54, 1.807) is 0 Å². The van der Waals surface area contributed by atoms with Gasteiger partial charge in [0, 0.05) is 30.6 Å². The van der Waals surface area contributed by atoms with Gasteiger partial charge in [0.2, 0.25) is 0 Å². The van der Waals surface area contributed by atoms with Crippen LogP contribution in [-0.2, 0) is 12.1 Å². The lowest BCUT2D eigenvalue weighted by Crippen LogP contribution is -2.42. The number of nitrogens with zero attached hydrogens (tertiary/aromatic N) is 2. The summed E-state index contributed by atoms with van der Waals surface area (Å²) in [5.74, 6) is 0. The number of hydrogen-bond donors (Lipinski definition) is 1. The molecule has 142 valence electrons. The van der Waals surface area contributed by atoms with Crippen LogP contribution in [-0.4, -0.2) is 28.1 Å². The fourth-order valence-corrected chi connectivity index (χ4v) is 3.93. The van der Waals surface area contributed by atoms with Gasteiger partial charge in [-0.15, -0.1) is 0 Å². The van der Waals surface area contributed by atoms with E-state index >= 15 is 0 Å². The maximum Gasteiger partial charge on any atom is 0.135 e. The number of pyridine rings is 1. The number of fused-ring (bicyclic) bond motifs is 1. The fraction of sp³-hybridized carbons (Fsp3) is 0.348. The van der Waals surface area contributed by atoms with E-state index < -0.39 is 5.60 Å². The van der Waals surface area contributed by atoms with Crippen molar-refractivity contribution in [2.75, 3.05) is 13.1 Å². The van der Waals surface area contributed by atoms with Gasteiger partial charge in [0.25, 0.3) is 0 Å². The van der Waals surface area contributed by atoms with E-state index in [0.717, 1.165) is 36.1 Å². The highest BCUT2D eigenvalue weighted by Crippen LogP contribution is 2.37. The number of piperidine rings is 1. The number of aliphatic hydroxyl groups is 1. The van der Waals surface area contributed by atoms with Crippen LogP contribution in [0.25, 0.3) is 10.9 Å². The Hall–Kier alpha value is -1.94. The lowest BCUT2D eigenvalue weighted by atomic mass is 9.84. The van der Waals surface area contributed by atoms with Crippen LogP contribution in [0.1, 0.15) is 37.8 Å². The predicted octanol–water partition coefficient (Wildman–Crippen LogP) is 5.40. The van der Waals surface area contributed by atoms with Crippen molar-refractivity contribution >= 4 is 22.5 Å². The normalized spacial score (nSPS) is 16.6. The van der Waals surface area contributed by atoms with Crippen molar-refractivity contribution in [3.05, 3.63) is 76.9 Å². The van der Waals surface area contributed by atoms with Crippen LogP contribution in [0.15, 0.2) is 60.7 Å². The molecule has 3 aromatic rings. The Morgan fingerprint density at radius 3 is 2.33 bits per heavy atom. The summed E-state index contributed by atoms with van der Waals surface area (Å²) in [5, 5.41) is 12.6. The molecule has 3 nitrogen and oxygen atoms in total. The highest BCUT2D eigenvalue weighted by atomic mass is 35.5. The van der Waals surface area contributed by atoms with E-state index in [4.69, 9.17) is 11.6 Å². The summed E-state index contributed by atoms with van der Waals surface area (Å²) in [6, 6.07) is 20.3. The fourth-order valence-electron chi connectivity index (χ4n) is 3.61. The topological polar surface area (TPSA) is 36.4 Å². The Morgan fingerprint density at radius 2 is 1.63 bits per heavy atom. The third-order valence-corrected chi connectivity index (χ3v) is 5.40. The molecule has 1 aliphatic rings.